The molecule has 2 aromatic rings. The molecule has 0 amide bonds. The van der Waals surface area contributed by atoms with Crippen molar-refractivity contribution in [1.29, 1.82) is 0 Å². The van der Waals surface area contributed by atoms with Crippen molar-refractivity contribution >= 4 is 38.6 Å². The van der Waals surface area contributed by atoms with Crippen LogP contribution in [-0.4, -0.2) is 25.6 Å². The average Bonchev–Trinajstić information content (AvgIpc) is 3.28. The van der Waals surface area contributed by atoms with E-state index in [1.165, 1.54) is 17.8 Å². The van der Waals surface area contributed by atoms with Crippen molar-refractivity contribution in [2.24, 2.45) is 17.8 Å². The minimum Gasteiger partial charge on any atom is -0.549 e. The van der Waals surface area contributed by atoms with Gasteiger partial charge in [0.25, 0.3) is 0 Å². The zero-order chi connectivity index (χ0) is 25.5. The van der Waals surface area contributed by atoms with Gasteiger partial charge in [-0.3, -0.25) is 0 Å². The maximum Gasteiger partial charge on any atom is 0.534 e. The first-order valence-corrected chi connectivity index (χ1v) is 14.5. The number of rotatable bonds is 5. The highest BCUT2D eigenvalue weighted by Crippen LogP contribution is 2.62. The Morgan fingerprint density at radius 1 is 1.00 bits per heavy atom. The molecular formula is C26H24F3O5S2-. The van der Waals surface area contributed by atoms with Crippen LogP contribution in [0.3, 0.4) is 0 Å². The van der Waals surface area contributed by atoms with Crippen molar-refractivity contribution in [3.8, 4) is 5.75 Å². The third-order valence-corrected chi connectivity index (χ3v) is 10.6. The van der Waals surface area contributed by atoms with Gasteiger partial charge >= 0.3 is 15.6 Å². The second kappa shape index (κ2) is 7.90. The lowest BCUT2D eigenvalue weighted by atomic mass is 9.48. The van der Waals surface area contributed by atoms with Crippen LogP contribution in [0.2, 0.25) is 0 Å². The van der Waals surface area contributed by atoms with Crippen LogP contribution in [0.4, 0.5) is 13.2 Å². The van der Waals surface area contributed by atoms with Crippen LogP contribution < -0.4 is 9.29 Å². The number of carboxylic acid groups (broad SMARTS) is 1. The molecule has 1 aliphatic heterocycles. The standard InChI is InChI=1S/C26H25F3O5S2/c27-26(28,29)36(32,33)34-22-10-18-1-2-20(25(23(30)31)3-4-35-14-25)8-19(18)9-21(22)24-11-15-5-16(12-24)7-17(6-15)13-24/h1-4,8-10,15-17H,5-7,11-14H2,(H,30,31)/p-1. The Balaban J connectivity index is 1.53. The van der Waals surface area contributed by atoms with E-state index in [1.807, 2.05) is 0 Å². The van der Waals surface area contributed by atoms with E-state index in [0.29, 0.717) is 39.7 Å². The predicted molar refractivity (Wildman–Crippen MR) is 128 cm³/mol. The molecule has 0 spiro atoms. The minimum absolute atomic E-state index is 0.277. The van der Waals surface area contributed by atoms with Gasteiger partial charge in [-0.25, -0.2) is 0 Å². The Morgan fingerprint density at radius 3 is 2.17 bits per heavy atom. The molecule has 4 fully saturated rings. The Labute approximate surface area is 211 Å². The molecule has 192 valence electrons. The van der Waals surface area contributed by atoms with E-state index in [0.717, 1.165) is 38.5 Å². The first-order chi connectivity index (χ1) is 16.9. The Hall–Kier alpha value is -2.20. The van der Waals surface area contributed by atoms with Gasteiger partial charge < -0.3 is 14.1 Å². The molecule has 0 N–H and O–H groups in total. The lowest BCUT2D eigenvalue weighted by Gasteiger charge is -2.57. The molecule has 7 rings (SSSR count). The van der Waals surface area contributed by atoms with Gasteiger partial charge in [-0.05, 0) is 102 Å². The first kappa shape index (κ1) is 24.2. The van der Waals surface area contributed by atoms with Crippen molar-refractivity contribution in [2.75, 3.05) is 5.75 Å². The number of hydrogen-bond acceptors (Lipinski definition) is 6. The van der Waals surface area contributed by atoms with Crippen LogP contribution in [0.15, 0.2) is 41.8 Å². The molecule has 5 nitrogen and oxygen atoms in total. The van der Waals surface area contributed by atoms with E-state index in [1.54, 1.807) is 35.7 Å². The van der Waals surface area contributed by atoms with Gasteiger partial charge in [0.15, 0.2) is 0 Å². The molecular weight excluding hydrogens is 513 g/mol. The lowest BCUT2D eigenvalue weighted by Crippen LogP contribution is -2.48. The van der Waals surface area contributed by atoms with Gasteiger partial charge in [0.05, 0.1) is 11.4 Å². The van der Waals surface area contributed by atoms with Crippen LogP contribution in [-0.2, 0) is 25.7 Å². The fourth-order valence-electron chi connectivity index (χ4n) is 7.46. The summed E-state index contributed by atoms with van der Waals surface area (Å²) in [6.45, 7) is 0. The van der Waals surface area contributed by atoms with Crippen LogP contribution in [0.5, 0.6) is 5.75 Å². The maximum atomic E-state index is 13.3. The Kier molecular flexibility index (Phi) is 5.30. The minimum atomic E-state index is -5.85. The Bertz CT molecular complexity index is 1360. The monoisotopic (exact) mass is 537 g/mol. The molecule has 10 heteroatoms. The molecule has 0 radical (unpaired) electrons. The lowest BCUT2D eigenvalue weighted by molar-refractivity contribution is -0.310. The van der Waals surface area contributed by atoms with Crippen molar-refractivity contribution in [3.63, 3.8) is 0 Å². The van der Waals surface area contributed by atoms with Gasteiger partial charge in [-0.1, -0.05) is 18.2 Å². The highest BCUT2D eigenvalue weighted by atomic mass is 32.2. The van der Waals surface area contributed by atoms with Crippen molar-refractivity contribution < 1.29 is 35.7 Å². The van der Waals surface area contributed by atoms with Crippen molar-refractivity contribution in [1.82, 2.24) is 0 Å². The number of fused-ring (bicyclic) bond motifs is 1. The van der Waals surface area contributed by atoms with Gasteiger partial charge in [0, 0.05) is 11.3 Å². The summed E-state index contributed by atoms with van der Waals surface area (Å²) in [5.74, 6) is 0.182. The topological polar surface area (TPSA) is 83.5 Å². The summed E-state index contributed by atoms with van der Waals surface area (Å²) >= 11 is 1.37. The van der Waals surface area contributed by atoms with Crippen molar-refractivity contribution in [2.45, 2.75) is 54.9 Å². The smallest absolute Gasteiger partial charge is 0.534 e. The molecule has 1 unspecified atom stereocenters. The fraction of sp³-hybridized carbons (Fsp3) is 0.500. The summed E-state index contributed by atoms with van der Waals surface area (Å²) in [7, 11) is -5.85. The fourth-order valence-corrected chi connectivity index (χ4v) is 9.00. The van der Waals surface area contributed by atoms with Crippen molar-refractivity contribution in [3.05, 3.63) is 52.9 Å². The normalized spacial score (nSPS) is 33.4. The summed E-state index contributed by atoms with van der Waals surface area (Å²) in [6.07, 6.45) is 7.27. The summed E-state index contributed by atoms with van der Waals surface area (Å²) in [6, 6.07) is 8.03. The van der Waals surface area contributed by atoms with Gasteiger partial charge in [-0.15, -0.1) is 11.8 Å². The number of hydrogen-bond donors (Lipinski definition) is 0. The highest BCUT2D eigenvalue weighted by molar-refractivity contribution is 8.02. The van der Waals surface area contributed by atoms with Gasteiger partial charge in [0.1, 0.15) is 5.75 Å². The van der Waals surface area contributed by atoms with E-state index in [4.69, 9.17) is 4.18 Å². The van der Waals surface area contributed by atoms with Crippen LogP contribution in [0, 0.1) is 17.8 Å². The molecule has 4 aliphatic carbocycles. The first-order valence-electron chi connectivity index (χ1n) is 12.0. The van der Waals surface area contributed by atoms with Gasteiger partial charge in [-0.2, -0.15) is 21.6 Å². The van der Waals surface area contributed by atoms with E-state index in [-0.39, 0.29) is 11.5 Å². The number of aliphatic carboxylic acids is 1. The van der Waals surface area contributed by atoms with Crippen LogP contribution >= 0.6 is 11.8 Å². The zero-order valence-corrected chi connectivity index (χ0v) is 20.8. The van der Waals surface area contributed by atoms with E-state index in [9.17, 15) is 31.5 Å². The number of thioether (sulfide) groups is 1. The molecule has 5 aliphatic rings. The van der Waals surface area contributed by atoms with E-state index in [2.05, 4.69) is 0 Å². The third kappa shape index (κ3) is 3.66. The summed E-state index contributed by atoms with van der Waals surface area (Å²) in [5.41, 5.74) is -6.29. The number of carboxylic acids is 1. The number of carbonyl (C=O) groups is 1. The molecule has 0 saturated heterocycles. The number of halogens is 3. The van der Waals surface area contributed by atoms with E-state index < -0.39 is 32.4 Å². The van der Waals surface area contributed by atoms with Gasteiger partial charge in [0.2, 0.25) is 0 Å². The number of benzene rings is 2. The predicted octanol–water partition coefficient (Wildman–Crippen LogP) is 4.78. The maximum absolute atomic E-state index is 13.3. The summed E-state index contributed by atoms with van der Waals surface area (Å²) in [4.78, 5) is 12.1. The molecule has 36 heavy (non-hydrogen) atoms. The van der Waals surface area contributed by atoms with E-state index >= 15 is 0 Å². The molecule has 1 heterocycles. The number of carbonyl (C=O) groups excluding carboxylic acids is 1. The largest absolute Gasteiger partial charge is 0.549 e. The molecule has 1 atom stereocenters. The quantitative estimate of drug-likeness (QED) is 0.403. The molecule has 0 aromatic heterocycles. The highest BCUT2D eigenvalue weighted by Gasteiger charge is 2.54. The molecule has 4 bridgehead atoms. The second-order valence-corrected chi connectivity index (χ2v) is 13.4. The summed E-state index contributed by atoms with van der Waals surface area (Å²) < 4.78 is 68.8. The summed E-state index contributed by atoms with van der Waals surface area (Å²) in [5, 5.41) is 14.9. The molecule has 2 aromatic carbocycles. The molecule has 4 saturated carbocycles. The second-order valence-electron chi connectivity index (χ2n) is 11.0. The zero-order valence-electron chi connectivity index (χ0n) is 19.2. The average molecular weight is 538 g/mol. The Morgan fingerprint density at radius 2 is 1.64 bits per heavy atom. The third-order valence-electron chi connectivity index (χ3n) is 8.67. The van der Waals surface area contributed by atoms with Crippen LogP contribution in [0.1, 0.15) is 49.7 Å². The van der Waals surface area contributed by atoms with Crippen LogP contribution in [0.25, 0.3) is 10.8 Å². The number of alkyl halides is 3. The SMILES string of the molecule is O=C([O-])C1(c2ccc3cc(OS(=O)(=O)C(F)(F)F)c(C45CC6CC(CC(C6)C4)C5)cc3c2)C=CSC1.